The van der Waals surface area contributed by atoms with E-state index >= 15 is 0 Å². The van der Waals surface area contributed by atoms with E-state index in [2.05, 4.69) is 48.6 Å². The van der Waals surface area contributed by atoms with Crippen molar-refractivity contribution in [1.29, 1.82) is 0 Å². The Morgan fingerprint density at radius 1 is 0.870 bits per heavy atom. The first-order valence-corrected chi connectivity index (χ1v) is 7.65. The second-order valence-electron chi connectivity index (χ2n) is 4.73. The normalized spacial score (nSPS) is 10.3. The van der Waals surface area contributed by atoms with Crippen LogP contribution in [0.3, 0.4) is 0 Å². The van der Waals surface area contributed by atoms with Crippen LogP contribution in [-0.4, -0.2) is 30.0 Å². The van der Waals surface area contributed by atoms with Gasteiger partial charge in [0.25, 0.3) is 0 Å². The lowest BCUT2D eigenvalue weighted by Gasteiger charge is -2.02. The molecule has 4 nitrogen and oxygen atoms in total. The second kappa shape index (κ2) is 11.4. The zero-order chi connectivity index (χ0) is 16.9. The van der Waals surface area contributed by atoms with E-state index in [1.807, 2.05) is 19.1 Å². The SMILES string of the molecule is CCOc1ccc(/C=C/c2ccc(CN)cc2)cc1.OCCO. The maximum Gasteiger partial charge on any atom is 0.119 e. The van der Waals surface area contributed by atoms with Gasteiger partial charge in [-0.2, -0.15) is 0 Å². The summed E-state index contributed by atoms with van der Waals surface area (Å²) in [4.78, 5) is 0. The van der Waals surface area contributed by atoms with Gasteiger partial charge < -0.3 is 20.7 Å². The molecule has 2 aromatic rings. The van der Waals surface area contributed by atoms with Crippen molar-refractivity contribution in [3.63, 3.8) is 0 Å². The number of ether oxygens (including phenoxy) is 1. The molecule has 23 heavy (non-hydrogen) atoms. The van der Waals surface area contributed by atoms with Crippen molar-refractivity contribution >= 4 is 12.2 Å². The van der Waals surface area contributed by atoms with Gasteiger partial charge in [0.1, 0.15) is 5.75 Å². The van der Waals surface area contributed by atoms with Crippen LogP contribution in [0.1, 0.15) is 23.6 Å². The molecule has 2 aromatic carbocycles. The molecule has 0 aromatic heterocycles. The summed E-state index contributed by atoms with van der Waals surface area (Å²) in [6.07, 6.45) is 4.18. The smallest absolute Gasteiger partial charge is 0.119 e. The third-order valence-electron chi connectivity index (χ3n) is 2.97. The fourth-order valence-electron chi connectivity index (χ4n) is 1.80. The van der Waals surface area contributed by atoms with Crippen molar-refractivity contribution in [2.75, 3.05) is 19.8 Å². The summed E-state index contributed by atoms with van der Waals surface area (Å²) < 4.78 is 5.41. The Hall–Kier alpha value is -2.14. The van der Waals surface area contributed by atoms with E-state index in [9.17, 15) is 0 Å². The van der Waals surface area contributed by atoms with Crippen molar-refractivity contribution in [1.82, 2.24) is 0 Å². The Morgan fingerprint density at radius 3 is 1.74 bits per heavy atom. The molecule has 0 heterocycles. The van der Waals surface area contributed by atoms with E-state index in [1.165, 1.54) is 5.56 Å². The standard InChI is InChI=1S/C17H19NO.C2H6O2/c1-2-19-17-11-9-15(10-12-17)4-3-14-5-7-16(13-18)8-6-14;3-1-2-4/h3-12H,2,13,18H2,1H3;3-4H,1-2H2/b4-3+;. The Morgan fingerprint density at radius 2 is 1.35 bits per heavy atom. The molecule has 0 radical (unpaired) electrons. The maximum absolute atomic E-state index is 7.62. The summed E-state index contributed by atoms with van der Waals surface area (Å²) in [5.41, 5.74) is 9.06. The van der Waals surface area contributed by atoms with Crippen molar-refractivity contribution < 1.29 is 14.9 Å². The first kappa shape index (κ1) is 18.9. The predicted molar refractivity (Wildman–Crippen MR) is 95.0 cm³/mol. The summed E-state index contributed by atoms with van der Waals surface area (Å²) in [5, 5.41) is 15.2. The fourth-order valence-corrected chi connectivity index (χ4v) is 1.80. The number of rotatable bonds is 6. The van der Waals surface area contributed by atoms with Crippen molar-refractivity contribution in [3.05, 3.63) is 65.2 Å². The van der Waals surface area contributed by atoms with Gasteiger partial charge >= 0.3 is 0 Å². The molecule has 0 aliphatic heterocycles. The van der Waals surface area contributed by atoms with E-state index in [1.54, 1.807) is 0 Å². The molecule has 124 valence electrons. The van der Waals surface area contributed by atoms with Gasteiger partial charge in [-0.25, -0.2) is 0 Å². The lowest BCUT2D eigenvalue weighted by Crippen LogP contribution is -1.94. The van der Waals surface area contributed by atoms with Gasteiger partial charge in [0.2, 0.25) is 0 Å². The molecule has 0 saturated heterocycles. The number of hydrogen-bond acceptors (Lipinski definition) is 4. The third-order valence-corrected chi connectivity index (χ3v) is 2.97. The quantitative estimate of drug-likeness (QED) is 0.716. The van der Waals surface area contributed by atoms with E-state index in [0.717, 1.165) is 16.9 Å². The topological polar surface area (TPSA) is 75.7 Å². The van der Waals surface area contributed by atoms with E-state index < -0.39 is 0 Å². The molecule has 0 fully saturated rings. The highest BCUT2D eigenvalue weighted by Crippen LogP contribution is 2.14. The Bertz CT molecular complexity index is 560. The van der Waals surface area contributed by atoms with Gasteiger partial charge in [-0.15, -0.1) is 0 Å². The highest BCUT2D eigenvalue weighted by atomic mass is 16.5. The van der Waals surface area contributed by atoms with Crippen molar-refractivity contribution in [2.45, 2.75) is 13.5 Å². The molecular weight excluding hydrogens is 290 g/mol. The number of benzene rings is 2. The van der Waals surface area contributed by atoms with Crippen LogP contribution in [0.15, 0.2) is 48.5 Å². The molecular formula is C19H25NO3. The molecule has 0 saturated carbocycles. The monoisotopic (exact) mass is 315 g/mol. The van der Waals surface area contributed by atoms with Gasteiger partial charge in [-0.3, -0.25) is 0 Å². The largest absolute Gasteiger partial charge is 0.494 e. The minimum absolute atomic E-state index is 0.125. The lowest BCUT2D eigenvalue weighted by atomic mass is 10.1. The van der Waals surface area contributed by atoms with Crippen LogP contribution >= 0.6 is 0 Å². The molecule has 0 spiro atoms. The Labute approximate surface area is 137 Å². The molecule has 0 atom stereocenters. The van der Waals surface area contributed by atoms with Crippen LogP contribution in [0.4, 0.5) is 0 Å². The summed E-state index contributed by atoms with van der Waals surface area (Å²) in [5.74, 6) is 0.909. The summed E-state index contributed by atoms with van der Waals surface area (Å²) in [6.45, 7) is 3.02. The number of hydrogen-bond donors (Lipinski definition) is 3. The van der Waals surface area contributed by atoms with Crippen LogP contribution in [0, 0.1) is 0 Å². The van der Waals surface area contributed by atoms with Gasteiger partial charge in [-0.05, 0) is 35.7 Å². The van der Waals surface area contributed by atoms with Gasteiger partial charge in [0, 0.05) is 6.54 Å². The fraction of sp³-hybridized carbons (Fsp3) is 0.263. The first-order chi connectivity index (χ1) is 11.2. The zero-order valence-electron chi connectivity index (χ0n) is 13.5. The van der Waals surface area contributed by atoms with E-state index in [0.29, 0.717) is 13.2 Å². The summed E-state index contributed by atoms with van der Waals surface area (Å²) >= 11 is 0. The minimum atomic E-state index is -0.125. The second-order valence-corrected chi connectivity index (χ2v) is 4.73. The molecule has 0 aliphatic rings. The van der Waals surface area contributed by atoms with Crippen LogP contribution in [-0.2, 0) is 6.54 Å². The Balaban J connectivity index is 0.000000593. The number of nitrogens with two attached hydrogens (primary N) is 1. The molecule has 0 amide bonds. The predicted octanol–water partition coefficient (Wildman–Crippen LogP) is 2.69. The summed E-state index contributed by atoms with van der Waals surface area (Å²) in [7, 11) is 0. The average Bonchev–Trinajstić information content (AvgIpc) is 2.62. The first-order valence-electron chi connectivity index (χ1n) is 7.65. The summed E-state index contributed by atoms with van der Waals surface area (Å²) in [6, 6.07) is 16.3. The molecule has 0 aliphatic carbocycles. The van der Waals surface area contributed by atoms with Crippen molar-refractivity contribution in [2.24, 2.45) is 5.73 Å². The minimum Gasteiger partial charge on any atom is -0.494 e. The molecule has 0 unspecified atom stereocenters. The van der Waals surface area contributed by atoms with Crippen LogP contribution < -0.4 is 10.5 Å². The number of aliphatic hydroxyl groups is 2. The van der Waals surface area contributed by atoms with Crippen LogP contribution in [0.5, 0.6) is 5.75 Å². The van der Waals surface area contributed by atoms with Gasteiger partial charge in [0.05, 0.1) is 19.8 Å². The van der Waals surface area contributed by atoms with Crippen LogP contribution in [0.2, 0.25) is 0 Å². The molecule has 4 heteroatoms. The number of aliphatic hydroxyl groups excluding tert-OH is 2. The lowest BCUT2D eigenvalue weighted by molar-refractivity contribution is 0.186. The zero-order valence-corrected chi connectivity index (χ0v) is 13.5. The van der Waals surface area contributed by atoms with Crippen LogP contribution in [0.25, 0.3) is 12.2 Å². The highest BCUT2D eigenvalue weighted by molar-refractivity contribution is 5.69. The highest BCUT2D eigenvalue weighted by Gasteiger charge is 1.92. The van der Waals surface area contributed by atoms with E-state index in [4.69, 9.17) is 20.7 Å². The maximum atomic E-state index is 7.62. The average molecular weight is 315 g/mol. The van der Waals surface area contributed by atoms with Gasteiger partial charge in [-0.1, -0.05) is 48.6 Å². The Kier molecular flexibility index (Phi) is 9.40. The third kappa shape index (κ3) is 7.61. The molecule has 2 rings (SSSR count). The molecule has 4 N–H and O–H groups in total. The van der Waals surface area contributed by atoms with Crippen molar-refractivity contribution in [3.8, 4) is 5.75 Å². The molecule has 0 bridgehead atoms. The van der Waals surface area contributed by atoms with Gasteiger partial charge in [0.15, 0.2) is 0 Å². The van der Waals surface area contributed by atoms with E-state index in [-0.39, 0.29) is 13.2 Å².